The van der Waals surface area contributed by atoms with Gasteiger partial charge in [0.2, 0.25) is 11.8 Å². The zero-order chi connectivity index (χ0) is 19.2. The first kappa shape index (κ1) is 21.1. The van der Waals surface area contributed by atoms with Crippen molar-refractivity contribution in [3.63, 3.8) is 0 Å². The Morgan fingerprint density at radius 3 is 2.31 bits per heavy atom. The van der Waals surface area contributed by atoms with Crippen LogP contribution in [0.3, 0.4) is 0 Å². The van der Waals surface area contributed by atoms with E-state index in [4.69, 9.17) is 16.0 Å². The van der Waals surface area contributed by atoms with Gasteiger partial charge in [-0.2, -0.15) is 0 Å². The summed E-state index contributed by atoms with van der Waals surface area (Å²) < 4.78 is 6.00. The molecule has 0 saturated heterocycles. The van der Waals surface area contributed by atoms with Gasteiger partial charge in [-0.1, -0.05) is 72.3 Å². The molecule has 1 heterocycles. The summed E-state index contributed by atoms with van der Waals surface area (Å²) in [6.07, 6.45) is 0.900. The van der Waals surface area contributed by atoms with E-state index in [9.17, 15) is 0 Å². The maximum absolute atomic E-state index is 6.21. The van der Waals surface area contributed by atoms with E-state index in [1.165, 1.54) is 5.56 Å². The molecule has 4 rings (SSSR count). The van der Waals surface area contributed by atoms with Gasteiger partial charge < -0.3 is 9.73 Å². The third-order valence-corrected chi connectivity index (χ3v) is 4.73. The Morgan fingerprint density at radius 1 is 0.862 bits per heavy atom. The lowest BCUT2D eigenvalue weighted by Crippen LogP contribution is -2.25. The molecule has 1 N–H and O–H groups in total. The SMILES string of the molecule is Cl.Clc1cccc(C(NCCc2ccccc2)c2nnc(-c3ccccc3)o2)c1. The minimum Gasteiger partial charge on any atom is -0.419 e. The van der Waals surface area contributed by atoms with E-state index in [2.05, 4.69) is 27.6 Å². The summed E-state index contributed by atoms with van der Waals surface area (Å²) in [4.78, 5) is 0. The zero-order valence-electron chi connectivity index (χ0n) is 15.7. The second kappa shape index (κ2) is 10.2. The van der Waals surface area contributed by atoms with E-state index in [0.29, 0.717) is 16.8 Å². The molecule has 0 bridgehead atoms. The number of hydrogen-bond acceptors (Lipinski definition) is 4. The number of nitrogens with zero attached hydrogens (tertiary/aromatic N) is 2. The summed E-state index contributed by atoms with van der Waals surface area (Å²) in [5.74, 6) is 1.03. The monoisotopic (exact) mass is 425 g/mol. The molecule has 0 aliphatic carbocycles. The van der Waals surface area contributed by atoms with Crippen LogP contribution in [0.25, 0.3) is 11.5 Å². The van der Waals surface area contributed by atoms with Crippen LogP contribution in [0, 0.1) is 0 Å². The highest BCUT2D eigenvalue weighted by Gasteiger charge is 2.21. The zero-order valence-corrected chi connectivity index (χ0v) is 17.2. The summed E-state index contributed by atoms with van der Waals surface area (Å²) in [5.41, 5.74) is 3.16. The molecule has 148 valence electrons. The highest BCUT2D eigenvalue weighted by molar-refractivity contribution is 6.30. The molecule has 1 atom stereocenters. The van der Waals surface area contributed by atoms with Gasteiger partial charge >= 0.3 is 0 Å². The molecule has 0 aliphatic rings. The number of rotatable bonds is 7. The maximum atomic E-state index is 6.21. The third-order valence-electron chi connectivity index (χ3n) is 4.50. The van der Waals surface area contributed by atoms with Crippen LogP contribution in [0.2, 0.25) is 5.02 Å². The van der Waals surface area contributed by atoms with E-state index in [1.54, 1.807) is 0 Å². The van der Waals surface area contributed by atoms with Gasteiger partial charge in [0.25, 0.3) is 0 Å². The van der Waals surface area contributed by atoms with Crippen molar-refractivity contribution in [2.45, 2.75) is 12.5 Å². The fraction of sp³-hybridized carbons (Fsp3) is 0.130. The Bertz CT molecular complexity index is 1020. The second-order valence-corrected chi connectivity index (χ2v) is 6.93. The minimum absolute atomic E-state index is 0. The molecule has 0 fully saturated rings. The molecule has 4 nitrogen and oxygen atoms in total. The smallest absolute Gasteiger partial charge is 0.247 e. The summed E-state index contributed by atoms with van der Waals surface area (Å²) in [5, 5.41) is 12.7. The fourth-order valence-electron chi connectivity index (χ4n) is 3.09. The first-order valence-electron chi connectivity index (χ1n) is 9.21. The summed E-state index contributed by atoms with van der Waals surface area (Å²) in [6, 6.07) is 27.6. The fourth-order valence-corrected chi connectivity index (χ4v) is 3.29. The Hall–Kier alpha value is -2.66. The van der Waals surface area contributed by atoms with E-state index >= 15 is 0 Å². The Balaban J connectivity index is 0.00000240. The number of aromatic nitrogens is 2. The van der Waals surface area contributed by atoms with E-state index < -0.39 is 0 Å². The number of hydrogen-bond donors (Lipinski definition) is 1. The van der Waals surface area contributed by atoms with Gasteiger partial charge in [-0.05, 0) is 41.8 Å². The molecule has 6 heteroatoms. The van der Waals surface area contributed by atoms with Crippen molar-refractivity contribution in [2.24, 2.45) is 0 Å². The lowest BCUT2D eigenvalue weighted by Gasteiger charge is -2.16. The number of nitrogens with one attached hydrogen (secondary N) is 1. The van der Waals surface area contributed by atoms with Crippen LogP contribution in [0.4, 0.5) is 0 Å². The first-order valence-corrected chi connectivity index (χ1v) is 9.59. The van der Waals surface area contributed by atoms with Crippen LogP contribution in [-0.2, 0) is 6.42 Å². The van der Waals surface area contributed by atoms with E-state index in [1.807, 2.05) is 72.8 Å². The lowest BCUT2D eigenvalue weighted by atomic mass is 10.1. The predicted octanol–water partition coefficient (Wildman–Crippen LogP) is 5.73. The summed E-state index contributed by atoms with van der Waals surface area (Å²) >= 11 is 6.21. The van der Waals surface area contributed by atoms with Gasteiger partial charge in [0, 0.05) is 17.1 Å². The van der Waals surface area contributed by atoms with Crippen molar-refractivity contribution in [3.05, 3.63) is 107 Å². The van der Waals surface area contributed by atoms with E-state index in [-0.39, 0.29) is 18.4 Å². The predicted molar refractivity (Wildman–Crippen MR) is 118 cm³/mol. The van der Waals surface area contributed by atoms with Gasteiger partial charge in [-0.25, -0.2) is 0 Å². The quantitative estimate of drug-likeness (QED) is 0.410. The van der Waals surface area contributed by atoms with Crippen molar-refractivity contribution in [1.82, 2.24) is 15.5 Å². The second-order valence-electron chi connectivity index (χ2n) is 6.49. The van der Waals surface area contributed by atoms with Crippen LogP contribution in [-0.4, -0.2) is 16.7 Å². The van der Waals surface area contributed by atoms with E-state index in [0.717, 1.165) is 24.1 Å². The van der Waals surface area contributed by atoms with Gasteiger partial charge in [0.1, 0.15) is 6.04 Å². The molecular weight excluding hydrogens is 405 g/mol. The van der Waals surface area contributed by atoms with Crippen LogP contribution in [0.1, 0.15) is 23.1 Å². The van der Waals surface area contributed by atoms with Crippen molar-refractivity contribution in [3.8, 4) is 11.5 Å². The summed E-state index contributed by atoms with van der Waals surface area (Å²) in [6.45, 7) is 0.768. The Kier molecular flexibility index (Phi) is 7.42. The highest BCUT2D eigenvalue weighted by Crippen LogP contribution is 2.26. The van der Waals surface area contributed by atoms with Gasteiger partial charge in [0.15, 0.2) is 0 Å². The average molecular weight is 426 g/mol. The first-order chi connectivity index (χ1) is 13.8. The molecule has 0 aliphatic heterocycles. The summed E-state index contributed by atoms with van der Waals surface area (Å²) in [7, 11) is 0. The normalized spacial score (nSPS) is 11.6. The lowest BCUT2D eigenvalue weighted by molar-refractivity contribution is 0.440. The topological polar surface area (TPSA) is 51.0 Å². The molecule has 0 spiro atoms. The van der Waals surface area contributed by atoms with Crippen molar-refractivity contribution in [2.75, 3.05) is 6.54 Å². The van der Waals surface area contributed by atoms with Gasteiger partial charge in [-0.15, -0.1) is 22.6 Å². The number of halogens is 2. The molecule has 1 unspecified atom stereocenters. The van der Waals surface area contributed by atoms with Crippen molar-refractivity contribution < 1.29 is 4.42 Å². The molecule has 4 aromatic rings. The van der Waals surface area contributed by atoms with Crippen molar-refractivity contribution >= 4 is 24.0 Å². The molecular formula is C23H21Cl2N3O. The third kappa shape index (κ3) is 5.45. The Morgan fingerprint density at radius 2 is 1.59 bits per heavy atom. The maximum Gasteiger partial charge on any atom is 0.247 e. The Labute approximate surface area is 181 Å². The van der Waals surface area contributed by atoms with Crippen LogP contribution < -0.4 is 5.32 Å². The molecule has 0 radical (unpaired) electrons. The number of benzene rings is 3. The molecule has 0 saturated carbocycles. The van der Waals surface area contributed by atoms with Gasteiger partial charge in [0.05, 0.1) is 0 Å². The molecule has 29 heavy (non-hydrogen) atoms. The average Bonchev–Trinajstić information content (AvgIpc) is 3.22. The van der Waals surface area contributed by atoms with Crippen LogP contribution >= 0.6 is 24.0 Å². The molecule has 3 aromatic carbocycles. The van der Waals surface area contributed by atoms with Gasteiger partial charge in [-0.3, -0.25) is 0 Å². The van der Waals surface area contributed by atoms with Crippen LogP contribution in [0.15, 0.2) is 89.3 Å². The highest BCUT2D eigenvalue weighted by atomic mass is 35.5. The molecule has 1 aromatic heterocycles. The largest absolute Gasteiger partial charge is 0.419 e. The van der Waals surface area contributed by atoms with Crippen molar-refractivity contribution in [1.29, 1.82) is 0 Å². The molecule has 0 amide bonds. The van der Waals surface area contributed by atoms with Crippen LogP contribution in [0.5, 0.6) is 0 Å². The standard InChI is InChI=1S/C23H20ClN3O.ClH/c24-20-13-7-12-19(16-20)21(25-15-14-17-8-3-1-4-9-17)23-27-26-22(28-23)18-10-5-2-6-11-18;/h1-13,16,21,25H,14-15H2;1H. The minimum atomic E-state index is -0.229.